The lowest BCUT2D eigenvalue weighted by molar-refractivity contribution is -1.04. The van der Waals surface area contributed by atoms with E-state index >= 15 is 0 Å². The molecule has 4 aromatic rings. The van der Waals surface area contributed by atoms with Crippen molar-refractivity contribution in [2.24, 2.45) is 0 Å². The smallest absolute Gasteiger partial charge is 0.273 e. The third-order valence-electron chi connectivity index (χ3n) is 11.3. The van der Waals surface area contributed by atoms with Crippen molar-refractivity contribution in [2.45, 2.75) is 96.5 Å². The Morgan fingerprint density at radius 2 is 1.38 bits per heavy atom. The van der Waals surface area contributed by atoms with Gasteiger partial charge in [0.2, 0.25) is 0 Å². The number of aryl methyl sites for hydroxylation is 3. The lowest BCUT2D eigenvalue weighted by Gasteiger charge is -2.42. The number of rotatable bonds is 17. The lowest BCUT2D eigenvalue weighted by Crippen LogP contribution is -2.53. The number of methoxy groups -OCH3 is 2. The van der Waals surface area contributed by atoms with E-state index in [1.165, 1.54) is 11.1 Å². The molecule has 10 heteroatoms. The average molecular weight is 768 g/mol. The first-order valence-corrected chi connectivity index (χ1v) is 20.0. The Balaban J connectivity index is 1.46. The second-order valence-corrected chi connectivity index (χ2v) is 16.3. The maximum absolute atomic E-state index is 9.35. The lowest BCUT2D eigenvalue weighted by atomic mass is 9.79. The fraction of sp³-hybridized carbons (Fsp3) is 0.444. The molecule has 2 aliphatic rings. The molecule has 292 valence electrons. The number of hydrogen-bond acceptors (Lipinski definition) is 8. The Bertz CT molecular complexity index is 1870. The maximum atomic E-state index is 9.35. The summed E-state index contributed by atoms with van der Waals surface area (Å²) in [6.07, 6.45) is -0.942. The van der Waals surface area contributed by atoms with Crippen LogP contribution in [0.3, 0.4) is 0 Å². The highest BCUT2D eigenvalue weighted by atomic mass is 31.1. The molecule has 2 heterocycles. The summed E-state index contributed by atoms with van der Waals surface area (Å²) in [6.45, 7) is 15.7. The molecule has 9 nitrogen and oxygen atoms in total. The molecule has 2 aliphatic heterocycles. The van der Waals surface area contributed by atoms with Gasteiger partial charge >= 0.3 is 0 Å². The van der Waals surface area contributed by atoms with Crippen molar-refractivity contribution in [3.8, 4) is 17.6 Å². The van der Waals surface area contributed by atoms with Gasteiger partial charge in [-0.2, -0.15) is 10.1 Å². The second kappa shape index (κ2) is 17.1. The van der Waals surface area contributed by atoms with Gasteiger partial charge in [-0.05, 0) is 112 Å². The third-order valence-corrected chi connectivity index (χ3v) is 13.1. The van der Waals surface area contributed by atoms with E-state index in [1.807, 2.05) is 42.5 Å². The van der Waals surface area contributed by atoms with Crippen LogP contribution in [0.1, 0.15) is 79.2 Å². The first-order valence-electron chi connectivity index (χ1n) is 19.1. The minimum absolute atomic E-state index is 0.0683. The molecule has 0 aromatic heterocycles. The summed E-state index contributed by atoms with van der Waals surface area (Å²) in [5.41, 5.74) is 5.44. The predicted molar refractivity (Wildman–Crippen MR) is 215 cm³/mol. The molecule has 0 spiro atoms. The molecular weight excluding hydrogens is 711 g/mol. The molecule has 2 fully saturated rings. The van der Waals surface area contributed by atoms with Crippen LogP contribution in [0, 0.1) is 32.1 Å². The zero-order valence-electron chi connectivity index (χ0n) is 33.6. The first kappa shape index (κ1) is 40.8. The zero-order chi connectivity index (χ0) is 39.4. The van der Waals surface area contributed by atoms with Crippen molar-refractivity contribution in [1.82, 2.24) is 0 Å². The van der Waals surface area contributed by atoms with Gasteiger partial charge in [0.1, 0.15) is 59.7 Å². The molecule has 1 unspecified atom stereocenters. The van der Waals surface area contributed by atoms with Crippen LogP contribution in [0.2, 0.25) is 0 Å². The Labute approximate surface area is 328 Å². The highest BCUT2D eigenvalue weighted by Crippen LogP contribution is 2.54. The number of benzene rings is 4. The van der Waals surface area contributed by atoms with Crippen LogP contribution in [-0.4, -0.2) is 68.3 Å². The average Bonchev–Trinajstić information content (AvgIpc) is 3.70. The van der Waals surface area contributed by atoms with Gasteiger partial charge in [-0.1, -0.05) is 66.7 Å². The molecule has 0 aliphatic carbocycles. The second-order valence-electron chi connectivity index (χ2n) is 15.2. The topological polar surface area (TPSA) is 88.4 Å². The molecule has 55 heavy (non-hydrogen) atoms. The standard InChI is InChI=1S/C45H56N2O7P/c1-30(2)47(31(3)4,52-25-13-24-46)55-54-43-42-41(40-27-33(6)32(5)26-34(40)7)53-44(43,28-50-42)29-51-45(35-14-11-10-12-15-35,36-16-20-38(48-8)21-17-36)37-18-22-39(49-9)23-19-37/h10-12,14-23,26-27,30-31,41-43,55H,13,25,28-29H2,1-9H3/q+1/t41-,42+,43-,44+/m0/s1. The van der Waals surface area contributed by atoms with Gasteiger partial charge in [-0.25, -0.2) is 0 Å². The summed E-state index contributed by atoms with van der Waals surface area (Å²) in [5.74, 6) is 1.50. The molecule has 2 saturated heterocycles. The van der Waals surface area contributed by atoms with E-state index in [0.717, 1.165) is 39.3 Å². The number of ether oxygens (including phenoxy) is 5. The Kier molecular flexibility index (Phi) is 12.7. The minimum Gasteiger partial charge on any atom is -0.497 e. The summed E-state index contributed by atoms with van der Waals surface area (Å²) in [7, 11) is 3.24. The molecule has 0 N–H and O–H groups in total. The first-order chi connectivity index (χ1) is 26.4. The van der Waals surface area contributed by atoms with Gasteiger partial charge in [0, 0.05) is 0 Å². The van der Waals surface area contributed by atoms with E-state index in [1.54, 1.807) is 14.2 Å². The van der Waals surface area contributed by atoms with Crippen molar-refractivity contribution >= 4 is 8.96 Å². The summed E-state index contributed by atoms with van der Waals surface area (Å²) in [6, 6.07) is 33.2. The van der Waals surface area contributed by atoms with Gasteiger partial charge in [0.25, 0.3) is 8.96 Å². The Hall–Kier alpha value is -3.84. The van der Waals surface area contributed by atoms with E-state index in [0.29, 0.717) is 19.6 Å². The number of nitrogens with zero attached hydrogens (tertiary/aromatic N) is 2. The quantitative estimate of drug-likeness (QED) is 0.0455. The summed E-state index contributed by atoms with van der Waals surface area (Å²) in [4.78, 5) is 6.53. The van der Waals surface area contributed by atoms with Gasteiger partial charge in [0.05, 0.1) is 39.9 Å². The molecule has 0 saturated carbocycles. The zero-order valence-corrected chi connectivity index (χ0v) is 34.6. The van der Waals surface area contributed by atoms with Crippen LogP contribution in [0.4, 0.5) is 0 Å². The highest BCUT2D eigenvalue weighted by Gasteiger charge is 2.65. The number of hydrogen-bond donors (Lipinski definition) is 0. The van der Waals surface area contributed by atoms with Crippen molar-refractivity contribution in [3.63, 3.8) is 0 Å². The number of hydroxylamine groups is 2. The van der Waals surface area contributed by atoms with Crippen LogP contribution in [-0.2, 0) is 29.2 Å². The van der Waals surface area contributed by atoms with Crippen LogP contribution in [0.15, 0.2) is 91.0 Å². The van der Waals surface area contributed by atoms with E-state index in [-0.39, 0.29) is 44.3 Å². The Morgan fingerprint density at radius 1 is 0.818 bits per heavy atom. The summed E-state index contributed by atoms with van der Waals surface area (Å²) >= 11 is 0. The molecular formula is C45H56N2O7P+. The minimum atomic E-state index is -1.06. The van der Waals surface area contributed by atoms with Crippen molar-refractivity contribution in [2.75, 3.05) is 34.0 Å². The predicted octanol–water partition coefficient (Wildman–Crippen LogP) is 9.22. The van der Waals surface area contributed by atoms with Crippen molar-refractivity contribution in [3.05, 3.63) is 130 Å². The molecule has 0 amide bonds. The third kappa shape index (κ3) is 7.80. The van der Waals surface area contributed by atoms with E-state index in [4.69, 9.17) is 33.0 Å². The van der Waals surface area contributed by atoms with Crippen LogP contribution < -0.4 is 9.47 Å². The largest absolute Gasteiger partial charge is 0.497 e. The number of nitriles is 1. The van der Waals surface area contributed by atoms with Gasteiger partial charge in [-0.3, -0.25) is 0 Å². The fourth-order valence-corrected chi connectivity index (χ4v) is 9.25. The van der Waals surface area contributed by atoms with Crippen molar-refractivity contribution in [1.29, 1.82) is 5.26 Å². The number of fused-ring (bicyclic) bond motifs is 2. The molecule has 6 rings (SSSR count). The van der Waals surface area contributed by atoms with Gasteiger partial charge in [-0.15, -0.1) is 4.42 Å². The normalized spacial score (nSPS) is 21.2. The highest BCUT2D eigenvalue weighted by molar-refractivity contribution is 7.25. The maximum Gasteiger partial charge on any atom is 0.273 e. The van der Waals surface area contributed by atoms with Crippen LogP contribution in [0.5, 0.6) is 11.5 Å². The van der Waals surface area contributed by atoms with Crippen molar-refractivity contribution < 1.29 is 37.5 Å². The molecule has 0 radical (unpaired) electrons. The summed E-state index contributed by atoms with van der Waals surface area (Å²) in [5, 5.41) is 9.35. The number of quaternary nitrogens is 1. The Morgan fingerprint density at radius 3 is 1.93 bits per heavy atom. The SMILES string of the molecule is COc1ccc(C(OC[C@@]23CO[C@H]([C@H](c4cc(C)c(C)cc4C)O2)[C@@H]3OP[N+](OCCC#N)(C(C)C)C(C)C)(c2ccccc2)c2ccc(OC)cc2)cc1. The monoisotopic (exact) mass is 767 g/mol. The molecule has 5 atom stereocenters. The van der Waals surface area contributed by atoms with Gasteiger partial charge < -0.3 is 28.2 Å². The fourth-order valence-electron chi connectivity index (χ4n) is 8.05. The van der Waals surface area contributed by atoms with Crippen LogP contribution in [0.25, 0.3) is 0 Å². The van der Waals surface area contributed by atoms with E-state index in [2.05, 4.69) is 103 Å². The van der Waals surface area contributed by atoms with E-state index in [9.17, 15) is 5.26 Å². The van der Waals surface area contributed by atoms with E-state index < -0.39 is 17.3 Å². The van der Waals surface area contributed by atoms with Gasteiger partial charge in [0.15, 0.2) is 0 Å². The summed E-state index contributed by atoms with van der Waals surface area (Å²) < 4.78 is 40.1. The van der Waals surface area contributed by atoms with Crippen LogP contribution >= 0.6 is 8.96 Å². The molecule has 4 aromatic carbocycles. The molecule has 2 bridgehead atoms.